The zero-order valence-electron chi connectivity index (χ0n) is 25.6. The van der Waals surface area contributed by atoms with E-state index in [0.29, 0.717) is 0 Å². The molecule has 0 amide bonds. The molecule has 4 unspecified atom stereocenters. The number of ether oxygens (including phenoxy) is 1. The van der Waals surface area contributed by atoms with E-state index in [2.05, 4.69) is 0 Å². The molecule has 3 aromatic rings. The molecule has 0 radical (unpaired) electrons. The van der Waals surface area contributed by atoms with Gasteiger partial charge in [-0.15, -0.1) is 0 Å². The molecule has 0 saturated carbocycles. The minimum Gasteiger partial charge on any atom is -0.511 e. The lowest BCUT2D eigenvalue weighted by Crippen LogP contribution is -2.65. The number of allylic oxidation sites excluding steroid dienone is 2. The summed E-state index contributed by atoms with van der Waals surface area (Å²) < 4.78 is 6.16. The van der Waals surface area contributed by atoms with Gasteiger partial charge in [0.1, 0.15) is 47.8 Å². The third-order valence-electron chi connectivity index (χ3n) is 10.2. The van der Waals surface area contributed by atoms with Gasteiger partial charge in [-0.25, -0.2) is 0 Å². The van der Waals surface area contributed by atoms with E-state index < -0.39 is 108 Å². The first-order chi connectivity index (χ1) is 23.4. The van der Waals surface area contributed by atoms with Crippen molar-refractivity contribution >= 4 is 17.3 Å². The van der Waals surface area contributed by atoms with E-state index >= 15 is 0 Å². The van der Waals surface area contributed by atoms with Crippen LogP contribution < -0.4 is 0 Å². The summed E-state index contributed by atoms with van der Waals surface area (Å²) >= 11 is 0. The summed E-state index contributed by atoms with van der Waals surface area (Å²) in [4.78, 5) is 42.0. The highest BCUT2D eigenvalue weighted by atomic mass is 16.5. The lowest BCUT2D eigenvalue weighted by molar-refractivity contribution is -0.239. The molecule has 13 nitrogen and oxygen atoms in total. The molecule has 13 heteroatoms. The first kappa shape index (κ1) is 32.8. The van der Waals surface area contributed by atoms with Gasteiger partial charge in [-0.1, -0.05) is 48.5 Å². The topological polar surface area (TPSA) is 243 Å². The fraction of sp³-hybridized carbons (Fsp3) is 0.306. The molecule has 3 aromatic carbocycles. The molecule has 7 rings (SSSR count). The number of Topliss-reactive ketones (excluding diaryl/α,β-unsaturated/α-hetero) is 2. The second-order valence-corrected chi connectivity index (χ2v) is 12.7. The quantitative estimate of drug-likeness (QED) is 0.177. The highest BCUT2D eigenvalue weighted by molar-refractivity contribution is 6.20. The Morgan fingerprint density at radius 2 is 1.47 bits per heavy atom. The maximum absolute atomic E-state index is 14.2. The van der Waals surface area contributed by atoms with E-state index in [9.17, 15) is 60.3 Å². The van der Waals surface area contributed by atoms with Gasteiger partial charge < -0.3 is 50.7 Å². The maximum atomic E-state index is 14.2. The number of hydrogen-bond acceptors (Lipinski definition) is 13. The smallest absolute Gasteiger partial charge is 0.197 e. The Morgan fingerprint density at radius 1 is 0.735 bits per heavy atom. The highest BCUT2D eigenvalue weighted by Crippen LogP contribution is 2.57. The molecule has 3 aliphatic carbocycles. The van der Waals surface area contributed by atoms with Crippen molar-refractivity contribution in [1.82, 2.24) is 0 Å². The molecule has 1 heterocycles. The van der Waals surface area contributed by atoms with Gasteiger partial charge in [0.15, 0.2) is 17.3 Å². The van der Waals surface area contributed by atoms with Crippen molar-refractivity contribution in [3.05, 3.63) is 117 Å². The van der Waals surface area contributed by atoms with Crippen LogP contribution in [0.4, 0.5) is 0 Å². The Labute approximate surface area is 277 Å². The molecular weight excluding hydrogens is 640 g/mol. The fourth-order valence-corrected chi connectivity index (χ4v) is 7.97. The van der Waals surface area contributed by atoms with Gasteiger partial charge in [-0.05, 0) is 34.4 Å². The monoisotopic (exact) mass is 672 g/mol. The molecule has 4 aliphatic rings. The van der Waals surface area contributed by atoms with Crippen LogP contribution in [0.3, 0.4) is 0 Å². The fourth-order valence-electron chi connectivity index (χ4n) is 7.97. The molecule has 1 fully saturated rings. The Kier molecular flexibility index (Phi) is 7.84. The van der Waals surface area contributed by atoms with Crippen molar-refractivity contribution < 1.29 is 65.1 Å². The lowest BCUT2D eigenvalue weighted by Gasteiger charge is -2.52. The Bertz CT molecular complexity index is 1990. The average molecular weight is 673 g/mol. The number of rotatable bonds is 5. The van der Waals surface area contributed by atoms with Gasteiger partial charge in [0.05, 0.1) is 48.2 Å². The van der Waals surface area contributed by atoms with Gasteiger partial charge in [0, 0.05) is 16.7 Å². The number of aromatic hydroxyl groups is 2. The van der Waals surface area contributed by atoms with Crippen molar-refractivity contribution in [2.24, 2.45) is 11.8 Å². The van der Waals surface area contributed by atoms with E-state index in [1.54, 1.807) is 0 Å². The van der Waals surface area contributed by atoms with Crippen molar-refractivity contribution in [3.63, 3.8) is 0 Å². The van der Waals surface area contributed by atoms with Crippen LogP contribution in [0, 0.1) is 11.8 Å². The van der Waals surface area contributed by atoms with Crippen LogP contribution in [-0.4, -0.2) is 107 Å². The van der Waals surface area contributed by atoms with Crippen LogP contribution in [0.1, 0.15) is 58.9 Å². The van der Waals surface area contributed by atoms with E-state index in [0.717, 1.165) is 6.08 Å². The molecule has 9 N–H and O–H groups in total. The van der Waals surface area contributed by atoms with Gasteiger partial charge in [0.25, 0.3) is 0 Å². The molecule has 8 atom stereocenters. The Morgan fingerprint density at radius 3 is 2.16 bits per heavy atom. The minimum atomic E-state index is -2.15. The summed E-state index contributed by atoms with van der Waals surface area (Å²) in [7, 11) is 0. The van der Waals surface area contributed by atoms with Gasteiger partial charge in [-0.3, -0.25) is 14.4 Å². The SMILES string of the molecule is O=C1c2ccc(CO)cc2C(c2ccc3c(c2O)C(=O)C2C(O)=CC(CO)=CC2C3=O)(C2O[C@H](CO)[C@@H](O)[C@H](O)[C@H]2O)c2cccc(O)c21. The number of carbonyl (C=O) groups is 3. The van der Waals surface area contributed by atoms with E-state index in [1.807, 2.05) is 0 Å². The molecule has 254 valence electrons. The van der Waals surface area contributed by atoms with Crippen molar-refractivity contribution in [2.75, 3.05) is 13.2 Å². The van der Waals surface area contributed by atoms with Crippen molar-refractivity contribution in [3.8, 4) is 11.5 Å². The van der Waals surface area contributed by atoms with Crippen LogP contribution in [0.2, 0.25) is 0 Å². The molecule has 1 saturated heterocycles. The van der Waals surface area contributed by atoms with Crippen LogP contribution in [-0.2, 0) is 16.8 Å². The van der Waals surface area contributed by atoms with Gasteiger partial charge in [-0.2, -0.15) is 0 Å². The summed E-state index contributed by atoms with van der Waals surface area (Å²) in [5, 5.41) is 97.6. The predicted molar refractivity (Wildman–Crippen MR) is 167 cm³/mol. The number of ketones is 3. The van der Waals surface area contributed by atoms with Crippen LogP contribution in [0.25, 0.3) is 0 Å². The zero-order chi connectivity index (χ0) is 35.1. The molecule has 0 spiro atoms. The number of aliphatic hydroxyl groups is 7. The normalized spacial score (nSPS) is 30.5. The van der Waals surface area contributed by atoms with E-state index in [1.165, 1.54) is 54.6 Å². The maximum Gasteiger partial charge on any atom is 0.197 e. The van der Waals surface area contributed by atoms with Gasteiger partial charge >= 0.3 is 0 Å². The number of fused-ring (bicyclic) bond motifs is 4. The molecule has 1 aliphatic heterocycles. The summed E-state index contributed by atoms with van der Waals surface area (Å²) in [5.41, 5.74) is -3.03. The van der Waals surface area contributed by atoms with Crippen molar-refractivity contribution in [1.29, 1.82) is 0 Å². The number of aliphatic hydroxyl groups excluding tert-OH is 7. The Hall–Kier alpha value is -4.73. The third kappa shape index (κ3) is 4.41. The summed E-state index contributed by atoms with van der Waals surface area (Å²) in [6.45, 7) is -1.87. The summed E-state index contributed by atoms with van der Waals surface area (Å²) in [6.07, 6.45) is -6.49. The largest absolute Gasteiger partial charge is 0.511 e. The minimum absolute atomic E-state index is 0.00474. The van der Waals surface area contributed by atoms with Crippen molar-refractivity contribution in [2.45, 2.75) is 42.5 Å². The molecule has 0 bridgehead atoms. The highest BCUT2D eigenvalue weighted by Gasteiger charge is 2.60. The number of phenolic OH excluding ortho intramolecular Hbond substituents is 2. The third-order valence-corrected chi connectivity index (χ3v) is 10.2. The average Bonchev–Trinajstić information content (AvgIpc) is 3.10. The van der Waals surface area contributed by atoms with E-state index in [4.69, 9.17) is 4.74 Å². The van der Waals surface area contributed by atoms with Crippen LogP contribution in [0.15, 0.2) is 72.0 Å². The van der Waals surface area contributed by atoms with E-state index in [-0.39, 0.29) is 44.5 Å². The first-order valence-electron chi connectivity index (χ1n) is 15.5. The molecule has 49 heavy (non-hydrogen) atoms. The summed E-state index contributed by atoms with van der Waals surface area (Å²) in [6, 6.07) is 10.8. The molecule has 0 aromatic heterocycles. The molecular formula is C36H32O13. The second-order valence-electron chi connectivity index (χ2n) is 12.7. The first-order valence-corrected chi connectivity index (χ1v) is 15.5. The Balaban J connectivity index is 1.60. The number of benzene rings is 3. The van der Waals surface area contributed by atoms with Crippen LogP contribution >= 0.6 is 0 Å². The predicted octanol–water partition coefficient (Wildman–Crippen LogP) is 0.297. The number of phenols is 2. The zero-order valence-corrected chi connectivity index (χ0v) is 25.6. The summed E-state index contributed by atoms with van der Waals surface area (Å²) in [5.74, 6) is -6.62. The number of carbonyl (C=O) groups excluding carboxylic acids is 3. The second kappa shape index (κ2) is 11.7. The van der Waals surface area contributed by atoms with Crippen LogP contribution in [0.5, 0.6) is 11.5 Å². The van der Waals surface area contributed by atoms with Gasteiger partial charge in [0.2, 0.25) is 0 Å². The standard InChI is InChI=1S/C36H32O13/c37-11-14-4-5-16-21(9-14)36(19-2-1-3-22(40)27(19)29(16)43,35-34(48)33(47)31(45)24(13-39)49-35)20-7-6-17-26(30(20)44)32(46)25-18(28(17)42)8-15(12-38)10-23(25)41/h1-10,18,24-25,31,33-35,37-41,44-45,47-48H,11-13H2/t18?,24-,25?,31-,33+,34-,35?,36?/m1/s1. The number of hydrogen-bond donors (Lipinski definition) is 9. The lowest BCUT2D eigenvalue weighted by atomic mass is 9.56.